The van der Waals surface area contributed by atoms with Crippen LogP contribution >= 0.6 is 11.6 Å². The van der Waals surface area contributed by atoms with Gasteiger partial charge in [-0.25, -0.2) is 4.39 Å². The van der Waals surface area contributed by atoms with E-state index >= 15 is 0 Å². The molecule has 0 aromatic heterocycles. The van der Waals surface area contributed by atoms with Crippen molar-refractivity contribution < 1.29 is 9.18 Å². The second-order valence-electron chi connectivity index (χ2n) is 4.32. The number of hydrogen-bond acceptors (Lipinski definition) is 2. The Morgan fingerprint density at radius 3 is 2.88 bits per heavy atom. The number of nitrogens with one attached hydrogen (secondary N) is 1. The lowest BCUT2D eigenvalue weighted by atomic mass is 10.3. The van der Waals surface area contributed by atoms with E-state index in [9.17, 15) is 9.18 Å². The number of amides is 1. The fraction of sp³-hybridized carbons (Fsp3) is 0.417. The molecule has 0 aliphatic heterocycles. The van der Waals surface area contributed by atoms with Crippen LogP contribution in [0.5, 0.6) is 0 Å². The van der Waals surface area contributed by atoms with Gasteiger partial charge in [-0.05, 0) is 38.1 Å². The van der Waals surface area contributed by atoms with Gasteiger partial charge in [0.25, 0.3) is 0 Å². The van der Waals surface area contributed by atoms with E-state index in [2.05, 4.69) is 5.32 Å². The number of likely N-dealkylation sites (N-methyl/N-ethyl adjacent to an activating group) is 1. The van der Waals surface area contributed by atoms with Crippen LogP contribution < -0.4 is 5.32 Å². The predicted molar refractivity (Wildman–Crippen MR) is 65.7 cm³/mol. The highest BCUT2D eigenvalue weighted by Gasteiger charge is 2.27. The zero-order chi connectivity index (χ0) is 12.4. The second-order valence-corrected chi connectivity index (χ2v) is 4.73. The molecule has 1 aromatic rings. The lowest BCUT2D eigenvalue weighted by molar-refractivity contribution is -0.117. The number of hydrogen-bond donors (Lipinski definition) is 1. The monoisotopic (exact) mass is 256 g/mol. The van der Waals surface area contributed by atoms with Crippen LogP contribution in [0.3, 0.4) is 0 Å². The molecule has 1 aliphatic rings. The fourth-order valence-corrected chi connectivity index (χ4v) is 1.87. The van der Waals surface area contributed by atoms with Gasteiger partial charge < -0.3 is 5.32 Å². The van der Waals surface area contributed by atoms with E-state index in [1.54, 1.807) is 0 Å². The summed E-state index contributed by atoms with van der Waals surface area (Å²) in [5, 5.41) is 2.89. The molecule has 0 atom stereocenters. The number of benzene rings is 1. The first-order chi connectivity index (χ1) is 8.06. The molecule has 1 saturated carbocycles. The van der Waals surface area contributed by atoms with Crippen LogP contribution in [0, 0.1) is 5.82 Å². The quantitative estimate of drug-likeness (QED) is 0.898. The molecule has 0 unspecified atom stereocenters. The summed E-state index contributed by atoms with van der Waals surface area (Å²) in [5.41, 5.74) is 0.447. The SMILES string of the molecule is CN(CC(=O)Nc1ccc(F)cc1Cl)C1CC1. The first-order valence-electron chi connectivity index (χ1n) is 5.51. The molecule has 3 nitrogen and oxygen atoms in total. The first-order valence-corrected chi connectivity index (χ1v) is 5.89. The van der Waals surface area contributed by atoms with Crippen LogP contribution in [0.4, 0.5) is 10.1 Å². The summed E-state index contributed by atoms with van der Waals surface area (Å²) in [5.74, 6) is -0.545. The van der Waals surface area contributed by atoms with Gasteiger partial charge in [0.2, 0.25) is 5.91 Å². The molecule has 1 amide bonds. The Bertz CT molecular complexity index is 435. The molecule has 17 heavy (non-hydrogen) atoms. The van der Waals surface area contributed by atoms with E-state index in [1.165, 1.54) is 18.2 Å². The number of carbonyl (C=O) groups is 1. The zero-order valence-electron chi connectivity index (χ0n) is 9.54. The molecule has 92 valence electrons. The van der Waals surface area contributed by atoms with Crippen LogP contribution in [-0.2, 0) is 4.79 Å². The van der Waals surface area contributed by atoms with E-state index in [4.69, 9.17) is 11.6 Å². The van der Waals surface area contributed by atoms with Crippen molar-refractivity contribution in [1.82, 2.24) is 4.90 Å². The number of halogens is 2. The molecule has 0 radical (unpaired) electrons. The summed E-state index contributed by atoms with van der Waals surface area (Å²) in [6, 6.07) is 4.45. The zero-order valence-corrected chi connectivity index (χ0v) is 10.3. The maximum Gasteiger partial charge on any atom is 0.238 e. The van der Waals surface area contributed by atoms with Gasteiger partial charge in [0.05, 0.1) is 17.3 Å². The van der Waals surface area contributed by atoms with Crippen LogP contribution in [0.25, 0.3) is 0 Å². The fourth-order valence-electron chi connectivity index (χ4n) is 1.65. The lowest BCUT2D eigenvalue weighted by Crippen LogP contribution is -2.31. The third-order valence-corrected chi connectivity index (χ3v) is 3.08. The minimum atomic E-state index is -0.414. The van der Waals surface area contributed by atoms with Crippen molar-refractivity contribution in [2.75, 3.05) is 18.9 Å². The highest BCUT2D eigenvalue weighted by Crippen LogP contribution is 2.25. The Balaban J connectivity index is 1.92. The molecule has 1 aliphatic carbocycles. The summed E-state index contributed by atoms with van der Waals surface area (Å²) in [6.45, 7) is 0.332. The number of rotatable bonds is 4. The van der Waals surface area contributed by atoms with Gasteiger partial charge in [0.1, 0.15) is 5.82 Å². The summed E-state index contributed by atoms with van der Waals surface area (Å²) in [4.78, 5) is 13.7. The number of nitrogens with zero attached hydrogens (tertiary/aromatic N) is 1. The normalized spacial score (nSPS) is 15.1. The van der Waals surface area contributed by atoms with E-state index in [-0.39, 0.29) is 10.9 Å². The van der Waals surface area contributed by atoms with Crippen LogP contribution in [0.2, 0.25) is 5.02 Å². The molecular weight excluding hydrogens is 243 g/mol. The van der Waals surface area contributed by atoms with E-state index in [0.717, 1.165) is 12.8 Å². The average molecular weight is 257 g/mol. The highest BCUT2D eigenvalue weighted by molar-refractivity contribution is 6.33. The van der Waals surface area contributed by atoms with E-state index < -0.39 is 5.82 Å². The average Bonchev–Trinajstić information content (AvgIpc) is 3.05. The van der Waals surface area contributed by atoms with Gasteiger partial charge in [-0.2, -0.15) is 0 Å². The summed E-state index contributed by atoms with van der Waals surface area (Å²) in [7, 11) is 1.92. The second kappa shape index (κ2) is 5.02. The van der Waals surface area contributed by atoms with Crippen molar-refractivity contribution in [3.63, 3.8) is 0 Å². The molecule has 1 aromatic carbocycles. The van der Waals surface area contributed by atoms with Crippen LogP contribution in [0.15, 0.2) is 18.2 Å². The third-order valence-electron chi connectivity index (χ3n) is 2.77. The Morgan fingerprint density at radius 2 is 2.29 bits per heavy atom. The number of carbonyl (C=O) groups excluding carboxylic acids is 1. The van der Waals surface area contributed by atoms with Crippen molar-refractivity contribution in [1.29, 1.82) is 0 Å². The third kappa shape index (κ3) is 3.41. The standard InChI is InChI=1S/C12H14ClFN2O/c1-16(9-3-4-9)7-12(17)15-11-5-2-8(14)6-10(11)13/h2,5-6,9H,3-4,7H2,1H3,(H,15,17). The molecule has 1 N–H and O–H groups in total. The highest BCUT2D eigenvalue weighted by atomic mass is 35.5. The molecule has 0 saturated heterocycles. The minimum absolute atomic E-state index is 0.132. The van der Waals surface area contributed by atoms with E-state index in [0.29, 0.717) is 18.3 Å². The smallest absolute Gasteiger partial charge is 0.238 e. The van der Waals surface area contributed by atoms with Gasteiger partial charge in [-0.15, -0.1) is 0 Å². The maximum absolute atomic E-state index is 12.8. The molecule has 1 fully saturated rings. The van der Waals surface area contributed by atoms with E-state index in [1.807, 2.05) is 11.9 Å². The van der Waals surface area contributed by atoms with Crippen molar-refractivity contribution in [3.05, 3.63) is 29.0 Å². The minimum Gasteiger partial charge on any atom is -0.324 e. The maximum atomic E-state index is 12.8. The van der Waals surface area contributed by atoms with Crippen LogP contribution in [0.1, 0.15) is 12.8 Å². The molecule has 5 heteroatoms. The summed E-state index contributed by atoms with van der Waals surface area (Å²) >= 11 is 5.82. The van der Waals surface area contributed by atoms with Gasteiger partial charge in [-0.3, -0.25) is 9.69 Å². The topological polar surface area (TPSA) is 32.3 Å². The summed E-state index contributed by atoms with van der Waals surface area (Å²) < 4.78 is 12.8. The van der Waals surface area contributed by atoms with Crippen molar-refractivity contribution in [3.8, 4) is 0 Å². The molecule has 2 rings (SSSR count). The molecule has 0 spiro atoms. The molecule has 0 bridgehead atoms. The Kier molecular flexibility index (Phi) is 3.64. The Labute approximate surface area is 105 Å². The predicted octanol–water partition coefficient (Wildman–Crippen LogP) is 2.51. The molecule has 0 heterocycles. The number of anilines is 1. The largest absolute Gasteiger partial charge is 0.324 e. The lowest BCUT2D eigenvalue weighted by Gasteiger charge is -2.15. The first kappa shape index (κ1) is 12.3. The molecular formula is C12H14ClFN2O. The van der Waals surface area contributed by atoms with Gasteiger partial charge >= 0.3 is 0 Å². The van der Waals surface area contributed by atoms with Crippen molar-refractivity contribution >= 4 is 23.2 Å². The van der Waals surface area contributed by atoms with Crippen LogP contribution in [-0.4, -0.2) is 30.4 Å². The van der Waals surface area contributed by atoms with Gasteiger partial charge in [-0.1, -0.05) is 11.6 Å². The Hall–Kier alpha value is -1.13. The van der Waals surface area contributed by atoms with Crippen molar-refractivity contribution in [2.24, 2.45) is 0 Å². The summed E-state index contributed by atoms with van der Waals surface area (Å²) in [6.07, 6.45) is 2.31. The van der Waals surface area contributed by atoms with Gasteiger partial charge in [0.15, 0.2) is 0 Å². The van der Waals surface area contributed by atoms with Crippen molar-refractivity contribution in [2.45, 2.75) is 18.9 Å². The van der Waals surface area contributed by atoms with Gasteiger partial charge in [0, 0.05) is 6.04 Å². The Morgan fingerprint density at radius 1 is 1.59 bits per heavy atom.